The van der Waals surface area contributed by atoms with Crippen LogP contribution in [0.2, 0.25) is 5.15 Å². The van der Waals surface area contributed by atoms with E-state index in [4.69, 9.17) is 11.6 Å². The average Bonchev–Trinajstić information content (AvgIpc) is 2.88. The van der Waals surface area contributed by atoms with Gasteiger partial charge >= 0.3 is 0 Å². The molecule has 2 rings (SSSR count). The average molecular weight is 334 g/mol. The monoisotopic (exact) mass is 332 g/mol. The van der Waals surface area contributed by atoms with Crippen LogP contribution < -0.4 is 5.32 Å². The molecule has 18 heavy (non-hydrogen) atoms. The van der Waals surface area contributed by atoms with E-state index in [2.05, 4.69) is 31.2 Å². The van der Waals surface area contributed by atoms with Crippen molar-refractivity contribution < 1.29 is 4.79 Å². The summed E-state index contributed by atoms with van der Waals surface area (Å²) in [4.78, 5) is 21.6. The molecule has 1 aromatic heterocycles. The maximum atomic E-state index is 11.8. The van der Waals surface area contributed by atoms with Crippen LogP contribution >= 0.6 is 27.5 Å². The SMILES string of the molecule is O=C(CCNc1ncnc(Cl)c1Br)N1CCCC1. The molecule has 0 aromatic carbocycles. The third-order valence-electron chi connectivity index (χ3n) is 2.84. The van der Waals surface area contributed by atoms with Gasteiger partial charge in [0, 0.05) is 26.1 Å². The zero-order valence-corrected chi connectivity index (χ0v) is 12.2. The van der Waals surface area contributed by atoms with Gasteiger partial charge in [-0.3, -0.25) is 4.79 Å². The molecule has 98 valence electrons. The van der Waals surface area contributed by atoms with Crippen LogP contribution in [-0.4, -0.2) is 40.4 Å². The Labute approximate surface area is 119 Å². The minimum absolute atomic E-state index is 0.191. The van der Waals surface area contributed by atoms with E-state index in [1.54, 1.807) is 0 Å². The van der Waals surface area contributed by atoms with Crippen LogP contribution in [0.3, 0.4) is 0 Å². The Hall–Kier alpha value is -0.880. The van der Waals surface area contributed by atoms with Crippen LogP contribution in [0, 0.1) is 0 Å². The van der Waals surface area contributed by atoms with Crippen LogP contribution in [0.15, 0.2) is 10.8 Å². The van der Waals surface area contributed by atoms with Gasteiger partial charge in [0.1, 0.15) is 17.3 Å². The smallest absolute Gasteiger partial charge is 0.224 e. The molecule has 2 heterocycles. The van der Waals surface area contributed by atoms with Gasteiger partial charge in [0.15, 0.2) is 0 Å². The molecule has 1 fully saturated rings. The van der Waals surface area contributed by atoms with Crippen LogP contribution in [0.5, 0.6) is 0 Å². The standard InChI is InChI=1S/C11H14BrClN4O/c12-9-10(13)15-7-16-11(9)14-4-3-8(18)17-5-1-2-6-17/h7H,1-6H2,(H,14,15,16). The number of nitrogens with one attached hydrogen (secondary N) is 1. The van der Waals surface area contributed by atoms with Crippen molar-refractivity contribution in [1.29, 1.82) is 0 Å². The van der Waals surface area contributed by atoms with Gasteiger partial charge in [-0.15, -0.1) is 0 Å². The second kappa shape index (κ2) is 6.33. The van der Waals surface area contributed by atoms with Crippen molar-refractivity contribution in [2.45, 2.75) is 19.3 Å². The molecule has 5 nitrogen and oxygen atoms in total. The maximum Gasteiger partial charge on any atom is 0.224 e. The second-order valence-electron chi connectivity index (χ2n) is 4.09. The molecule has 0 aliphatic carbocycles. The molecule has 0 bridgehead atoms. The predicted octanol–water partition coefficient (Wildman–Crippen LogP) is 2.32. The molecule has 0 radical (unpaired) electrons. The van der Waals surface area contributed by atoms with E-state index in [9.17, 15) is 4.79 Å². The zero-order chi connectivity index (χ0) is 13.0. The normalized spacial score (nSPS) is 14.9. The highest BCUT2D eigenvalue weighted by molar-refractivity contribution is 9.10. The summed E-state index contributed by atoms with van der Waals surface area (Å²) >= 11 is 9.14. The van der Waals surface area contributed by atoms with Gasteiger partial charge in [0.05, 0.1) is 4.47 Å². The Balaban J connectivity index is 1.81. The number of hydrogen-bond donors (Lipinski definition) is 1. The number of carbonyl (C=O) groups excluding carboxylic acids is 1. The molecule has 1 aliphatic heterocycles. The summed E-state index contributed by atoms with van der Waals surface area (Å²) < 4.78 is 0.625. The first kappa shape index (κ1) is 13.5. The summed E-state index contributed by atoms with van der Waals surface area (Å²) in [5.41, 5.74) is 0. The first-order valence-corrected chi connectivity index (χ1v) is 7.03. The molecule has 0 atom stereocenters. The Morgan fingerprint density at radius 2 is 2.17 bits per heavy atom. The third kappa shape index (κ3) is 3.32. The number of rotatable bonds is 4. The fraction of sp³-hybridized carbons (Fsp3) is 0.545. The molecule has 0 unspecified atom stereocenters. The number of amides is 1. The van der Waals surface area contributed by atoms with Gasteiger partial charge in [-0.2, -0.15) is 0 Å². The molecule has 0 saturated carbocycles. The van der Waals surface area contributed by atoms with Crippen LogP contribution in [0.25, 0.3) is 0 Å². The molecular formula is C11H14BrClN4O. The highest BCUT2D eigenvalue weighted by atomic mass is 79.9. The highest BCUT2D eigenvalue weighted by Crippen LogP contribution is 2.25. The maximum absolute atomic E-state index is 11.8. The minimum Gasteiger partial charge on any atom is -0.368 e. The van der Waals surface area contributed by atoms with E-state index < -0.39 is 0 Å². The van der Waals surface area contributed by atoms with Crippen molar-refractivity contribution in [1.82, 2.24) is 14.9 Å². The van der Waals surface area contributed by atoms with E-state index in [-0.39, 0.29) is 5.91 Å². The van der Waals surface area contributed by atoms with E-state index >= 15 is 0 Å². The number of halogens is 2. The number of hydrogen-bond acceptors (Lipinski definition) is 4. The van der Waals surface area contributed by atoms with Gasteiger partial charge in [-0.05, 0) is 28.8 Å². The van der Waals surface area contributed by atoms with Crippen LogP contribution in [0.1, 0.15) is 19.3 Å². The lowest BCUT2D eigenvalue weighted by Gasteiger charge is -2.15. The quantitative estimate of drug-likeness (QED) is 0.859. The summed E-state index contributed by atoms with van der Waals surface area (Å²) in [6, 6.07) is 0. The minimum atomic E-state index is 0.191. The predicted molar refractivity (Wildman–Crippen MR) is 73.7 cm³/mol. The third-order valence-corrected chi connectivity index (χ3v) is 4.10. The number of carbonyl (C=O) groups is 1. The van der Waals surface area contributed by atoms with Gasteiger partial charge < -0.3 is 10.2 Å². The Morgan fingerprint density at radius 1 is 1.44 bits per heavy atom. The van der Waals surface area contributed by atoms with E-state index in [1.165, 1.54) is 6.33 Å². The van der Waals surface area contributed by atoms with Gasteiger partial charge in [-0.25, -0.2) is 9.97 Å². The zero-order valence-electron chi connectivity index (χ0n) is 9.83. The van der Waals surface area contributed by atoms with Crippen molar-refractivity contribution in [2.75, 3.05) is 25.0 Å². The van der Waals surface area contributed by atoms with Gasteiger partial charge in [0.25, 0.3) is 0 Å². The van der Waals surface area contributed by atoms with Crippen molar-refractivity contribution in [3.63, 3.8) is 0 Å². The van der Waals surface area contributed by atoms with E-state index in [0.717, 1.165) is 25.9 Å². The molecule has 1 saturated heterocycles. The lowest BCUT2D eigenvalue weighted by atomic mass is 10.3. The lowest BCUT2D eigenvalue weighted by molar-refractivity contribution is -0.129. The Bertz CT molecular complexity index is 437. The molecule has 1 aliphatic rings. The van der Waals surface area contributed by atoms with Crippen molar-refractivity contribution in [2.24, 2.45) is 0 Å². The summed E-state index contributed by atoms with van der Waals surface area (Å²) in [5, 5.41) is 3.44. The van der Waals surface area contributed by atoms with Crippen LogP contribution in [0.4, 0.5) is 5.82 Å². The molecule has 7 heteroatoms. The lowest BCUT2D eigenvalue weighted by Crippen LogP contribution is -2.29. The topological polar surface area (TPSA) is 58.1 Å². The van der Waals surface area contributed by atoms with Crippen molar-refractivity contribution in [3.8, 4) is 0 Å². The largest absolute Gasteiger partial charge is 0.368 e. The first-order valence-electron chi connectivity index (χ1n) is 5.86. The summed E-state index contributed by atoms with van der Waals surface area (Å²) in [6.45, 7) is 2.32. The fourth-order valence-electron chi connectivity index (χ4n) is 1.88. The molecular weight excluding hydrogens is 320 g/mol. The van der Waals surface area contributed by atoms with Gasteiger partial charge in [-0.1, -0.05) is 11.6 Å². The Kier molecular flexibility index (Phi) is 4.77. The first-order chi connectivity index (χ1) is 8.68. The fourth-order valence-corrected chi connectivity index (χ4v) is 2.36. The summed E-state index contributed by atoms with van der Waals surface area (Å²) in [7, 11) is 0. The molecule has 0 spiro atoms. The van der Waals surface area contributed by atoms with Crippen molar-refractivity contribution >= 4 is 39.3 Å². The number of aromatic nitrogens is 2. The van der Waals surface area contributed by atoms with Gasteiger partial charge in [0.2, 0.25) is 5.91 Å². The van der Waals surface area contributed by atoms with Crippen LogP contribution in [-0.2, 0) is 4.79 Å². The Morgan fingerprint density at radius 3 is 2.89 bits per heavy atom. The number of anilines is 1. The number of likely N-dealkylation sites (tertiary alicyclic amines) is 1. The molecule has 1 aromatic rings. The number of nitrogens with zero attached hydrogens (tertiary/aromatic N) is 3. The van der Waals surface area contributed by atoms with E-state index in [0.29, 0.717) is 28.4 Å². The molecule has 1 amide bonds. The van der Waals surface area contributed by atoms with E-state index in [1.807, 2.05) is 4.90 Å². The second-order valence-corrected chi connectivity index (χ2v) is 5.24. The summed E-state index contributed by atoms with van der Waals surface area (Å²) in [6.07, 6.45) is 4.09. The van der Waals surface area contributed by atoms with Crippen molar-refractivity contribution in [3.05, 3.63) is 16.0 Å². The molecule has 1 N–H and O–H groups in total. The highest BCUT2D eigenvalue weighted by Gasteiger charge is 2.17. The summed E-state index contributed by atoms with van der Waals surface area (Å²) in [5.74, 6) is 0.806.